The summed E-state index contributed by atoms with van der Waals surface area (Å²) in [7, 11) is 0. The van der Waals surface area contributed by atoms with E-state index >= 15 is 0 Å². The van der Waals surface area contributed by atoms with Crippen LogP contribution < -0.4 is 5.32 Å². The smallest absolute Gasteiger partial charge is 0.220 e. The van der Waals surface area contributed by atoms with Crippen LogP contribution >= 0.6 is 0 Å². The first-order chi connectivity index (χ1) is 26.1. The van der Waals surface area contributed by atoms with Gasteiger partial charge in [0, 0.05) is 25.8 Å². The van der Waals surface area contributed by atoms with Gasteiger partial charge in [-0.15, -0.1) is 0 Å². The molecule has 0 unspecified atom stereocenters. The lowest BCUT2D eigenvalue weighted by Crippen LogP contribution is -2.31. The molecule has 0 saturated heterocycles. The Balaban J connectivity index is 3.35. The van der Waals surface area contributed by atoms with E-state index in [0.29, 0.717) is 18.7 Å². The number of ketones is 1. The predicted octanol–water partition coefficient (Wildman–Crippen LogP) is 15.4. The standard InChI is InChI=1S/C49H93NO3/c1-3-5-7-9-11-13-15-17-19-21-23-25-27-32-36-40-44-48(52)46-50-49(53)45-41-37-33-29-28-31-35-39-43-47(51)42-38-34-30-26-24-22-20-18-16-14-12-10-8-6-4-2/h12,14,18,20,48,52H,3-11,13,15-17,19,21-46H2,1-2H3,(H,50,53)/t48-/m1/s1. The number of nitrogens with one attached hydrogen (secondary N) is 1. The highest BCUT2D eigenvalue weighted by Gasteiger charge is 2.07. The minimum absolute atomic E-state index is 0.0838. The molecule has 312 valence electrons. The Hall–Kier alpha value is -1.42. The molecule has 0 bridgehead atoms. The van der Waals surface area contributed by atoms with Crippen LogP contribution in [0.25, 0.3) is 0 Å². The van der Waals surface area contributed by atoms with Gasteiger partial charge in [-0.2, -0.15) is 0 Å². The summed E-state index contributed by atoms with van der Waals surface area (Å²) in [6, 6.07) is 0. The maximum Gasteiger partial charge on any atom is 0.220 e. The number of hydrogen-bond donors (Lipinski definition) is 2. The molecular formula is C49H93NO3. The quantitative estimate of drug-likeness (QED) is 0.0482. The van der Waals surface area contributed by atoms with E-state index in [1.807, 2.05) is 0 Å². The van der Waals surface area contributed by atoms with Gasteiger partial charge in [0.25, 0.3) is 0 Å². The Bertz CT molecular complexity index is 806. The molecule has 0 aliphatic rings. The van der Waals surface area contributed by atoms with Gasteiger partial charge >= 0.3 is 0 Å². The van der Waals surface area contributed by atoms with Gasteiger partial charge in [-0.1, -0.05) is 212 Å². The van der Waals surface area contributed by atoms with Gasteiger partial charge in [0.1, 0.15) is 5.78 Å². The zero-order chi connectivity index (χ0) is 38.6. The van der Waals surface area contributed by atoms with E-state index in [1.165, 1.54) is 180 Å². The van der Waals surface area contributed by atoms with E-state index < -0.39 is 6.10 Å². The van der Waals surface area contributed by atoms with Gasteiger partial charge in [0.05, 0.1) is 6.10 Å². The lowest BCUT2D eigenvalue weighted by Gasteiger charge is -2.12. The third kappa shape index (κ3) is 44.9. The SMILES string of the molecule is CCCCCC=CCC=CCCCCCCCC(=O)CCCCCCCCCCC(=O)NC[C@H](O)CCCCCCCCCCCCCCCCCC. The molecule has 2 N–H and O–H groups in total. The minimum Gasteiger partial charge on any atom is -0.391 e. The molecule has 4 heteroatoms. The van der Waals surface area contributed by atoms with E-state index in [1.54, 1.807) is 0 Å². The second-order valence-electron chi connectivity index (χ2n) is 16.4. The second-order valence-corrected chi connectivity index (χ2v) is 16.4. The van der Waals surface area contributed by atoms with Crippen molar-refractivity contribution in [1.29, 1.82) is 0 Å². The van der Waals surface area contributed by atoms with Crippen molar-refractivity contribution in [2.45, 2.75) is 270 Å². The monoisotopic (exact) mass is 744 g/mol. The summed E-state index contributed by atoms with van der Waals surface area (Å²) in [5.41, 5.74) is 0. The highest BCUT2D eigenvalue weighted by molar-refractivity contribution is 5.78. The molecule has 0 saturated carbocycles. The van der Waals surface area contributed by atoms with Crippen LogP contribution in [0.4, 0.5) is 0 Å². The normalized spacial score (nSPS) is 12.4. The fourth-order valence-corrected chi connectivity index (χ4v) is 7.28. The summed E-state index contributed by atoms with van der Waals surface area (Å²) in [6.45, 7) is 4.94. The number of rotatable bonds is 44. The Morgan fingerprint density at radius 2 is 0.774 bits per heavy atom. The van der Waals surface area contributed by atoms with Crippen LogP contribution in [0, 0.1) is 0 Å². The topological polar surface area (TPSA) is 66.4 Å². The van der Waals surface area contributed by atoms with E-state index in [-0.39, 0.29) is 5.91 Å². The number of aliphatic hydroxyl groups excluding tert-OH is 1. The number of carbonyl (C=O) groups is 2. The maximum atomic E-state index is 12.2. The maximum absolute atomic E-state index is 12.2. The van der Waals surface area contributed by atoms with Gasteiger partial charge in [0.15, 0.2) is 0 Å². The first kappa shape index (κ1) is 51.6. The van der Waals surface area contributed by atoms with Crippen molar-refractivity contribution >= 4 is 11.7 Å². The summed E-state index contributed by atoms with van der Waals surface area (Å²) in [4.78, 5) is 24.4. The summed E-state index contributed by atoms with van der Waals surface area (Å²) < 4.78 is 0. The van der Waals surface area contributed by atoms with E-state index in [0.717, 1.165) is 64.2 Å². The van der Waals surface area contributed by atoms with E-state index in [4.69, 9.17) is 0 Å². The number of amides is 1. The molecular weight excluding hydrogens is 651 g/mol. The Morgan fingerprint density at radius 3 is 1.23 bits per heavy atom. The first-order valence-corrected chi connectivity index (χ1v) is 23.9. The van der Waals surface area contributed by atoms with Gasteiger partial charge in [0.2, 0.25) is 5.91 Å². The average Bonchev–Trinajstić information content (AvgIpc) is 3.16. The molecule has 0 radical (unpaired) electrons. The van der Waals surface area contributed by atoms with Crippen molar-refractivity contribution in [2.75, 3.05) is 6.54 Å². The summed E-state index contributed by atoms with van der Waals surface area (Å²) in [6.07, 6.45) is 56.1. The van der Waals surface area contributed by atoms with Crippen molar-refractivity contribution in [2.24, 2.45) is 0 Å². The van der Waals surface area contributed by atoms with Crippen molar-refractivity contribution in [1.82, 2.24) is 5.32 Å². The zero-order valence-electron chi connectivity index (χ0n) is 35.9. The van der Waals surface area contributed by atoms with Crippen molar-refractivity contribution < 1.29 is 14.7 Å². The fraction of sp³-hybridized carbons (Fsp3) is 0.878. The third-order valence-electron chi connectivity index (χ3n) is 10.9. The minimum atomic E-state index is -0.411. The molecule has 53 heavy (non-hydrogen) atoms. The number of carbonyl (C=O) groups excluding carboxylic acids is 2. The number of allylic oxidation sites excluding steroid dienone is 4. The van der Waals surface area contributed by atoms with Crippen molar-refractivity contribution in [3.8, 4) is 0 Å². The molecule has 0 heterocycles. The molecule has 1 amide bonds. The van der Waals surface area contributed by atoms with Crippen LogP contribution in [0.2, 0.25) is 0 Å². The second kappa shape index (κ2) is 45.0. The lowest BCUT2D eigenvalue weighted by atomic mass is 10.0. The van der Waals surface area contributed by atoms with Gasteiger partial charge in [-0.25, -0.2) is 0 Å². The highest BCUT2D eigenvalue weighted by atomic mass is 16.3. The molecule has 0 spiro atoms. The van der Waals surface area contributed by atoms with Crippen molar-refractivity contribution in [3.63, 3.8) is 0 Å². The number of Topliss-reactive ketones (excluding diaryl/α,β-unsaturated/α-hetero) is 1. The van der Waals surface area contributed by atoms with Gasteiger partial charge < -0.3 is 10.4 Å². The molecule has 0 rings (SSSR count). The first-order valence-electron chi connectivity index (χ1n) is 23.9. The Kier molecular flexibility index (Phi) is 43.8. The van der Waals surface area contributed by atoms with Gasteiger partial charge in [-0.05, 0) is 57.8 Å². The predicted molar refractivity (Wildman–Crippen MR) is 234 cm³/mol. The highest BCUT2D eigenvalue weighted by Crippen LogP contribution is 2.16. The number of unbranched alkanes of at least 4 members (excludes halogenated alkanes) is 30. The molecule has 0 aromatic carbocycles. The number of hydrogen-bond acceptors (Lipinski definition) is 3. The molecule has 1 atom stereocenters. The van der Waals surface area contributed by atoms with Crippen LogP contribution in [0.3, 0.4) is 0 Å². The lowest BCUT2D eigenvalue weighted by molar-refractivity contribution is -0.121. The molecule has 4 nitrogen and oxygen atoms in total. The molecule has 0 aliphatic carbocycles. The van der Waals surface area contributed by atoms with Crippen LogP contribution in [-0.4, -0.2) is 29.4 Å². The third-order valence-corrected chi connectivity index (χ3v) is 10.9. The van der Waals surface area contributed by atoms with E-state index in [9.17, 15) is 14.7 Å². The van der Waals surface area contributed by atoms with Crippen LogP contribution in [0.15, 0.2) is 24.3 Å². The summed E-state index contributed by atoms with van der Waals surface area (Å²) in [5, 5.41) is 13.2. The fourth-order valence-electron chi connectivity index (χ4n) is 7.28. The van der Waals surface area contributed by atoms with E-state index in [2.05, 4.69) is 43.5 Å². The van der Waals surface area contributed by atoms with Crippen LogP contribution in [0.5, 0.6) is 0 Å². The molecule has 0 aromatic heterocycles. The Morgan fingerprint density at radius 1 is 0.434 bits per heavy atom. The van der Waals surface area contributed by atoms with Gasteiger partial charge in [-0.3, -0.25) is 9.59 Å². The van der Waals surface area contributed by atoms with Crippen LogP contribution in [0.1, 0.15) is 264 Å². The number of aliphatic hydroxyl groups is 1. The molecule has 0 aromatic rings. The average molecular weight is 744 g/mol. The summed E-state index contributed by atoms with van der Waals surface area (Å²) >= 11 is 0. The van der Waals surface area contributed by atoms with Crippen molar-refractivity contribution in [3.05, 3.63) is 24.3 Å². The largest absolute Gasteiger partial charge is 0.391 e. The Labute approximate surface area is 332 Å². The van der Waals surface area contributed by atoms with Crippen LogP contribution in [-0.2, 0) is 9.59 Å². The zero-order valence-corrected chi connectivity index (χ0v) is 35.9. The molecule has 0 fully saturated rings. The molecule has 0 aliphatic heterocycles. The summed E-state index contributed by atoms with van der Waals surface area (Å²) in [5.74, 6) is 0.544.